The van der Waals surface area contributed by atoms with Crippen molar-refractivity contribution in [1.82, 2.24) is 25.6 Å². The summed E-state index contributed by atoms with van der Waals surface area (Å²) in [6, 6.07) is 0.148. The van der Waals surface area contributed by atoms with Crippen LogP contribution in [0.2, 0.25) is 0 Å². The van der Waals surface area contributed by atoms with E-state index in [1.807, 2.05) is 0 Å². The molecule has 0 saturated heterocycles. The van der Waals surface area contributed by atoms with Crippen LogP contribution in [0.25, 0.3) is 0 Å². The van der Waals surface area contributed by atoms with Gasteiger partial charge in [-0.25, -0.2) is 0 Å². The first-order valence-electron chi connectivity index (χ1n) is 5.33. The van der Waals surface area contributed by atoms with Gasteiger partial charge in [0.25, 0.3) is 0 Å². The molecule has 0 spiro atoms. The topological polar surface area (TPSA) is 90.9 Å². The molecule has 1 rings (SSSR count). The zero-order valence-electron chi connectivity index (χ0n) is 10.1. The Labute approximate surface area is 95.3 Å². The Kier molecular flexibility index (Phi) is 5.30. The van der Waals surface area contributed by atoms with Gasteiger partial charge in [0, 0.05) is 26.2 Å². The van der Waals surface area contributed by atoms with Crippen LogP contribution in [-0.4, -0.2) is 40.0 Å². The van der Waals surface area contributed by atoms with Gasteiger partial charge < -0.3 is 4.74 Å². The normalized spacial score (nSPS) is 15.0. The number of nitrogens with one attached hydrogen (secondary N) is 1. The average molecular weight is 228 g/mol. The minimum absolute atomic E-state index is 0.148. The Morgan fingerprint density at radius 2 is 2.31 bits per heavy atom. The number of hydrogen-bond acceptors (Lipinski definition) is 6. The van der Waals surface area contributed by atoms with Crippen molar-refractivity contribution in [1.29, 1.82) is 0 Å². The van der Waals surface area contributed by atoms with Gasteiger partial charge in [-0.15, -0.1) is 10.2 Å². The van der Waals surface area contributed by atoms with Crippen molar-refractivity contribution in [3.05, 3.63) is 5.82 Å². The summed E-state index contributed by atoms with van der Waals surface area (Å²) in [5.41, 5.74) is 2.78. The maximum Gasteiger partial charge on any atom is 0.176 e. The van der Waals surface area contributed by atoms with Crippen LogP contribution in [-0.2, 0) is 18.2 Å². The number of hydrogen-bond donors (Lipinski definition) is 2. The van der Waals surface area contributed by atoms with Gasteiger partial charge in [-0.2, -0.15) is 4.80 Å². The molecule has 0 aliphatic carbocycles. The third kappa shape index (κ3) is 4.21. The van der Waals surface area contributed by atoms with Crippen LogP contribution < -0.4 is 11.3 Å². The van der Waals surface area contributed by atoms with Crippen LogP contribution in [0.15, 0.2) is 0 Å². The number of nitrogens with two attached hydrogens (primary N) is 1. The van der Waals surface area contributed by atoms with Gasteiger partial charge in [-0.3, -0.25) is 11.3 Å². The molecule has 0 radical (unpaired) electrons. The first-order chi connectivity index (χ1) is 7.65. The molecule has 7 nitrogen and oxygen atoms in total. The maximum atomic E-state index is 5.50. The standard InChI is InChI=1S/C9H20N6O/c1-7(6-16-3)4-8(11-10)5-9-12-14-15(2)13-9/h7-8,11H,4-6,10H2,1-3H3. The highest BCUT2D eigenvalue weighted by molar-refractivity contribution is 4.84. The summed E-state index contributed by atoms with van der Waals surface area (Å²) < 4.78 is 5.09. The Balaban J connectivity index is 2.42. The zero-order chi connectivity index (χ0) is 12.0. The third-order valence-corrected chi connectivity index (χ3v) is 2.35. The van der Waals surface area contributed by atoms with E-state index in [9.17, 15) is 0 Å². The molecule has 3 N–H and O–H groups in total. The molecule has 0 aliphatic rings. The number of tetrazole rings is 1. The Bertz CT molecular complexity index is 302. The molecule has 1 heterocycles. The summed E-state index contributed by atoms with van der Waals surface area (Å²) in [7, 11) is 3.44. The molecule has 1 aromatic heterocycles. The SMILES string of the molecule is COCC(C)CC(Cc1nnn(C)n1)NN. The van der Waals surface area contributed by atoms with Crippen molar-refractivity contribution in [3.63, 3.8) is 0 Å². The van der Waals surface area contributed by atoms with Crippen molar-refractivity contribution in [2.75, 3.05) is 13.7 Å². The van der Waals surface area contributed by atoms with Gasteiger partial charge in [-0.05, 0) is 17.6 Å². The number of hydrazine groups is 1. The maximum absolute atomic E-state index is 5.50. The van der Waals surface area contributed by atoms with Gasteiger partial charge in [-0.1, -0.05) is 6.92 Å². The summed E-state index contributed by atoms with van der Waals surface area (Å²) in [4.78, 5) is 1.45. The summed E-state index contributed by atoms with van der Waals surface area (Å²) in [5.74, 6) is 6.65. The lowest BCUT2D eigenvalue weighted by Crippen LogP contribution is -2.38. The highest BCUT2D eigenvalue weighted by Gasteiger charge is 2.15. The fraction of sp³-hybridized carbons (Fsp3) is 0.889. The van der Waals surface area contributed by atoms with E-state index in [2.05, 4.69) is 27.8 Å². The number of ether oxygens (including phenoxy) is 1. The molecule has 2 unspecified atom stereocenters. The highest BCUT2D eigenvalue weighted by Crippen LogP contribution is 2.08. The van der Waals surface area contributed by atoms with Crippen molar-refractivity contribution >= 4 is 0 Å². The smallest absolute Gasteiger partial charge is 0.176 e. The van der Waals surface area contributed by atoms with E-state index in [4.69, 9.17) is 10.6 Å². The first-order valence-corrected chi connectivity index (χ1v) is 5.33. The van der Waals surface area contributed by atoms with Crippen molar-refractivity contribution in [2.24, 2.45) is 18.8 Å². The van der Waals surface area contributed by atoms with E-state index in [-0.39, 0.29) is 6.04 Å². The van der Waals surface area contributed by atoms with Gasteiger partial charge in [0.1, 0.15) is 0 Å². The van der Waals surface area contributed by atoms with Gasteiger partial charge in [0.05, 0.1) is 7.05 Å². The van der Waals surface area contributed by atoms with E-state index in [0.29, 0.717) is 18.2 Å². The zero-order valence-corrected chi connectivity index (χ0v) is 10.1. The molecule has 2 atom stereocenters. The molecule has 0 fully saturated rings. The van der Waals surface area contributed by atoms with E-state index in [0.717, 1.165) is 13.0 Å². The van der Waals surface area contributed by atoms with Crippen LogP contribution in [0.1, 0.15) is 19.2 Å². The first kappa shape index (κ1) is 13.0. The van der Waals surface area contributed by atoms with Crippen LogP contribution in [0.5, 0.6) is 0 Å². The summed E-state index contributed by atoms with van der Waals surface area (Å²) in [6.07, 6.45) is 1.60. The molecule has 1 aromatic rings. The number of aryl methyl sites for hydroxylation is 1. The van der Waals surface area contributed by atoms with E-state index in [1.165, 1.54) is 4.80 Å². The number of aromatic nitrogens is 4. The van der Waals surface area contributed by atoms with E-state index in [1.54, 1.807) is 14.2 Å². The Morgan fingerprint density at radius 1 is 1.56 bits per heavy atom. The molecule has 92 valence electrons. The number of nitrogens with zero attached hydrogens (tertiary/aromatic N) is 4. The average Bonchev–Trinajstić information content (AvgIpc) is 2.63. The molecule has 0 aromatic carbocycles. The summed E-state index contributed by atoms with van der Waals surface area (Å²) in [5, 5.41) is 11.8. The number of rotatable bonds is 7. The summed E-state index contributed by atoms with van der Waals surface area (Å²) >= 11 is 0. The lowest BCUT2D eigenvalue weighted by atomic mass is 10.0. The fourth-order valence-electron chi connectivity index (χ4n) is 1.67. The van der Waals surface area contributed by atoms with Crippen molar-refractivity contribution in [2.45, 2.75) is 25.8 Å². The van der Waals surface area contributed by atoms with Gasteiger partial charge in [0.15, 0.2) is 5.82 Å². The molecular formula is C9H20N6O. The fourth-order valence-corrected chi connectivity index (χ4v) is 1.67. The van der Waals surface area contributed by atoms with Gasteiger partial charge in [0.2, 0.25) is 0 Å². The second kappa shape index (κ2) is 6.51. The molecule has 0 bridgehead atoms. The molecule has 16 heavy (non-hydrogen) atoms. The monoisotopic (exact) mass is 228 g/mol. The van der Waals surface area contributed by atoms with Crippen LogP contribution >= 0.6 is 0 Å². The largest absolute Gasteiger partial charge is 0.384 e. The molecular weight excluding hydrogens is 208 g/mol. The van der Waals surface area contributed by atoms with Crippen LogP contribution in [0.3, 0.4) is 0 Å². The lowest BCUT2D eigenvalue weighted by molar-refractivity contribution is 0.149. The van der Waals surface area contributed by atoms with Crippen molar-refractivity contribution < 1.29 is 4.74 Å². The molecule has 0 amide bonds. The lowest BCUT2D eigenvalue weighted by Gasteiger charge is -2.18. The second-order valence-electron chi connectivity index (χ2n) is 4.06. The number of methoxy groups -OCH3 is 1. The Hall–Kier alpha value is -1.05. The minimum Gasteiger partial charge on any atom is -0.384 e. The van der Waals surface area contributed by atoms with Crippen molar-refractivity contribution in [3.8, 4) is 0 Å². The summed E-state index contributed by atoms with van der Waals surface area (Å²) in [6.45, 7) is 2.85. The molecule has 7 heteroatoms. The Morgan fingerprint density at radius 3 is 2.81 bits per heavy atom. The van der Waals surface area contributed by atoms with Crippen LogP contribution in [0.4, 0.5) is 0 Å². The van der Waals surface area contributed by atoms with E-state index < -0.39 is 0 Å². The third-order valence-electron chi connectivity index (χ3n) is 2.35. The van der Waals surface area contributed by atoms with Crippen LogP contribution in [0, 0.1) is 5.92 Å². The van der Waals surface area contributed by atoms with Gasteiger partial charge >= 0.3 is 0 Å². The quantitative estimate of drug-likeness (QED) is 0.472. The minimum atomic E-state index is 0.148. The molecule has 0 saturated carbocycles. The predicted octanol–water partition coefficient (Wildman–Crippen LogP) is -0.743. The molecule has 0 aliphatic heterocycles. The van der Waals surface area contributed by atoms with E-state index >= 15 is 0 Å². The predicted molar refractivity (Wildman–Crippen MR) is 59.3 cm³/mol. The highest BCUT2D eigenvalue weighted by atomic mass is 16.5. The second-order valence-corrected chi connectivity index (χ2v) is 4.06.